The van der Waals surface area contributed by atoms with Crippen molar-refractivity contribution in [2.24, 2.45) is 5.92 Å². The van der Waals surface area contributed by atoms with Crippen LogP contribution in [0.4, 0.5) is 11.6 Å². The van der Waals surface area contributed by atoms with E-state index in [0.29, 0.717) is 24.9 Å². The number of aromatic nitrogens is 1. The van der Waals surface area contributed by atoms with Crippen LogP contribution in [-0.4, -0.2) is 77.9 Å². The Hall–Kier alpha value is -2.73. The zero-order valence-corrected chi connectivity index (χ0v) is 24.2. The van der Waals surface area contributed by atoms with E-state index in [1.54, 1.807) is 13.2 Å². The van der Waals surface area contributed by atoms with Gasteiger partial charge in [-0.05, 0) is 49.8 Å². The van der Waals surface area contributed by atoms with Crippen LogP contribution in [0.5, 0.6) is 0 Å². The van der Waals surface area contributed by atoms with Crippen LogP contribution in [0.25, 0.3) is 0 Å². The fourth-order valence-electron chi connectivity index (χ4n) is 4.76. The van der Waals surface area contributed by atoms with Crippen molar-refractivity contribution in [3.05, 3.63) is 52.5 Å². The van der Waals surface area contributed by atoms with Crippen LogP contribution in [0.15, 0.2) is 36.4 Å². The van der Waals surface area contributed by atoms with E-state index in [2.05, 4.69) is 10.3 Å². The number of nitrogens with zero attached hydrogens (tertiary/aromatic N) is 3. The maximum atomic E-state index is 12.4. The summed E-state index contributed by atoms with van der Waals surface area (Å²) >= 11 is 6.68. The molecule has 10 nitrogen and oxygen atoms in total. The van der Waals surface area contributed by atoms with Crippen molar-refractivity contribution >= 4 is 45.1 Å². The van der Waals surface area contributed by atoms with E-state index >= 15 is 0 Å². The average Bonchev–Trinajstić information content (AvgIpc) is 3.75. The van der Waals surface area contributed by atoms with Crippen molar-refractivity contribution in [2.75, 3.05) is 55.9 Å². The van der Waals surface area contributed by atoms with Crippen LogP contribution in [-0.2, 0) is 19.5 Å². The zero-order chi connectivity index (χ0) is 28.2. The molecule has 0 amide bonds. The molecule has 1 aliphatic carbocycles. The molecule has 0 bridgehead atoms. The Kier molecular flexibility index (Phi) is 9.47. The predicted octanol–water partition coefficient (Wildman–Crippen LogP) is 3.85. The third-order valence-corrected chi connectivity index (χ3v) is 8.75. The minimum Gasteiger partial charge on any atom is -0.423 e. The zero-order valence-electron chi connectivity index (χ0n) is 22.6. The largest absolute Gasteiger partial charge is 0.423 e. The molecule has 1 saturated carbocycles. The van der Waals surface area contributed by atoms with Gasteiger partial charge in [0.15, 0.2) is 5.82 Å². The molecule has 2 fully saturated rings. The van der Waals surface area contributed by atoms with Gasteiger partial charge in [0.25, 0.3) is 0 Å². The lowest BCUT2D eigenvalue weighted by molar-refractivity contribution is 0.205. The topological polar surface area (TPSA) is 132 Å². The fourth-order valence-corrected chi connectivity index (χ4v) is 5.57. The van der Waals surface area contributed by atoms with E-state index < -0.39 is 16.1 Å². The first kappa shape index (κ1) is 29.3. The van der Waals surface area contributed by atoms with Gasteiger partial charge >= 0.3 is 0 Å². The maximum Gasteiger partial charge on any atom is 0.233 e. The van der Waals surface area contributed by atoms with Crippen LogP contribution in [0, 0.1) is 16.7 Å². The van der Waals surface area contributed by atoms with E-state index in [4.69, 9.17) is 31.9 Å². The molecule has 39 heavy (non-hydrogen) atoms. The molecule has 0 radical (unpaired) electrons. The Bertz CT molecular complexity index is 1290. The highest BCUT2D eigenvalue weighted by atomic mass is 35.5. The second-order valence-corrected chi connectivity index (χ2v) is 12.6. The van der Waals surface area contributed by atoms with Crippen molar-refractivity contribution in [3.8, 4) is 0 Å². The number of ether oxygens (including phenoxy) is 2. The molecule has 2 aliphatic rings. The molecule has 0 spiro atoms. The molecular formula is C27H37ClN6O4S. The lowest BCUT2D eigenvalue weighted by atomic mass is 9.84. The summed E-state index contributed by atoms with van der Waals surface area (Å²) in [7, 11) is -0.693. The van der Waals surface area contributed by atoms with Crippen LogP contribution in [0.1, 0.15) is 42.7 Å². The quantitative estimate of drug-likeness (QED) is 0.273. The predicted molar refractivity (Wildman–Crippen MR) is 155 cm³/mol. The van der Waals surface area contributed by atoms with Gasteiger partial charge in [-0.15, -0.1) is 0 Å². The molecule has 1 aliphatic heterocycles. The molecule has 2 unspecified atom stereocenters. The summed E-state index contributed by atoms with van der Waals surface area (Å²) in [4.78, 5) is 6.62. The van der Waals surface area contributed by atoms with Crippen molar-refractivity contribution in [1.82, 2.24) is 10.3 Å². The minimum absolute atomic E-state index is 0.00251. The van der Waals surface area contributed by atoms with E-state index in [0.717, 1.165) is 54.9 Å². The second-order valence-electron chi connectivity index (χ2n) is 10.2. The molecule has 2 atom stereocenters. The number of benzene rings is 1. The van der Waals surface area contributed by atoms with Gasteiger partial charge in [-0.1, -0.05) is 41.9 Å². The summed E-state index contributed by atoms with van der Waals surface area (Å²) in [6.07, 6.45) is 5.17. The molecule has 2 aromatic rings. The molecule has 2 heterocycles. The lowest BCUT2D eigenvalue weighted by Gasteiger charge is -2.33. The number of anilines is 2. The van der Waals surface area contributed by atoms with Gasteiger partial charge in [-0.2, -0.15) is 0 Å². The molecule has 4 rings (SSSR count). The Morgan fingerprint density at radius 3 is 2.56 bits per heavy atom. The molecule has 3 N–H and O–H groups in total. The number of pyridine rings is 1. The Labute approximate surface area is 235 Å². The Morgan fingerprint density at radius 2 is 1.92 bits per heavy atom. The van der Waals surface area contributed by atoms with E-state index in [9.17, 15) is 8.42 Å². The van der Waals surface area contributed by atoms with Crippen molar-refractivity contribution < 1.29 is 17.9 Å². The Balaban J connectivity index is 1.66. The molecule has 1 aromatic heterocycles. The van der Waals surface area contributed by atoms with Gasteiger partial charge in [0.2, 0.25) is 21.8 Å². The third-order valence-electron chi connectivity index (χ3n) is 7.21. The van der Waals surface area contributed by atoms with Gasteiger partial charge in [-0.25, -0.2) is 13.4 Å². The van der Waals surface area contributed by atoms with E-state index in [1.165, 1.54) is 7.05 Å². The summed E-state index contributed by atoms with van der Waals surface area (Å²) in [5, 5.41) is 20.9. The van der Waals surface area contributed by atoms with Crippen molar-refractivity contribution in [3.63, 3.8) is 0 Å². The van der Waals surface area contributed by atoms with E-state index in [1.807, 2.05) is 35.2 Å². The fraction of sp³-hybridized carbons (Fsp3) is 0.519. The standard InChI is InChI=1S/C27H37ClN6O4S/c1-33(39(3,35)36)27-23(28)21(16-22(32-27)34(14-15-37-2)17-18-11-12-18)25(29)38-26(30)24-20(10-7-13-31-24)19-8-5-4-6-9-19/h4-6,8-9,16,18,20,24,29-31H,7,10-15,17H2,1-3H3. The van der Waals surface area contributed by atoms with Crippen molar-refractivity contribution in [2.45, 2.75) is 37.6 Å². The number of rotatable bonds is 11. The highest BCUT2D eigenvalue weighted by Crippen LogP contribution is 2.36. The number of halogens is 1. The number of hydrogen-bond donors (Lipinski definition) is 3. The smallest absolute Gasteiger partial charge is 0.233 e. The van der Waals surface area contributed by atoms with Crippen LogP contribution < -0.4 is 14.5 Å². The number of methoxy groups -OCH3 is 1. The highest BCUT2D eigenvalue weighted by molar-refractivity contribution is 7.92. The second kappa shape index (κ2) is 12.6. The summed E-state index contributed by atoms with van der Waals surface area (Å²) in [6.45, 7) is 2.47. The first-order valence-electron chi connectivity index (χ1n) is 13.1. The number of sulfonamides is 1. The van der Waals surface area contributed by atoms with Crippen LogP contribution in [0.2, 0.25) is 5.02 Å². The summed E-state index contributed by atoms with van der Waals surface area (Å²) < 4.78 is 37.0. The molecule has 1 saturated heterocycles. The monoisotopic (exact) mass is 576 g/mol. The summed E-state index contributed by atoms with van der Waals surface area (Å²) in [5.41, 5.74) is 1.27. The highest BCUT2D eigenvalue weighted by Gasteiger charge is 2.33. The molecule has 12 heteroatoms. The summed E-state index contributed by atoms with van der Waals surface area (Å²) in [6, 6.07) is 11.2. The molecule has 212 valence electrons. The molecular weight excluding hydrogens is 540 g/mol. The van der Waals surface area contributed by atoms with Gasteiger partial charge in [0, 0.05) is 33.2 Å². The number of piperidine rings is 1. The summed E-state index contributed by atoms with van der Waals surface area (Å²) in [5.74, 6) is 0.600. The van der Waals surface area contributed by atoms with Gasteiger partial charge < -0.3 is 19.7 Å². The number of nitrogens with one attached hydrogen (secondary N) is 3. The SMILES string of the molecule is COCCN(CC1CC1)c1cc(C(=N)OC(=N)C2NCCCC2c2ccccc2)c(Cl)c(N(C)S(C)(=O)=O)n1. The van der Waals surface area contributed by atoms with Crippen LogP contribution in [0.3, 0.4) is 0 Å². The lowest BCUT2D eigenvalue weighted by Crippen LogP contribution is -2.46. The van der Waals surface area contributed by atoms with Crippen molar-refractivity contribution in [1.29, 1.82) is 10.8 Å². The normalized spacial score (nSPS) is 19.4. The molecule has 1 aromatic carbocycles. The van der Waals surface area contributed by atoms with Crippen LogP contribution >= 0.6 is 11.6 Å². The minimum atomic E-state index is -3.69. The van der Waals surface area contributed by atoms with Gasteiger partial charge in [0.1, 0.15) is 5.82 Å². The maximum absolute atomic E-state index is 12.4. The third kappa shape index (κ3) is 7.27. The Morgan fingerprint density at radius 1 is 1.21 bits per heavy atom. The van der Waals surface area contributed by atoms with E-state index in [-0.39, 0.29) is 34.1 Å². The first-order valence-corrected chi connectivity index (χ1v) is 15.3. The number of hydrogen-bond acceptors (Lipinski definition) is 9. The van der Waals surface area contributed by atoms with Gasteiger partial charge in [-0.3, -0.25) is 15.1 Å². The first-order chi connectivity index (χ1) is 18.6. The van der Waals surface area contributed by atoms with Gasteiger partial charge in [0.05, 0.1) is 29.5 Å². The average molecular weight is 577 g/mol.